The number of methoxy groups -OCH3 is 1. The number of hydrogen-bond donors (Lipinski definition) is 1. The van der Waals surface area contributed by atoms with E-state index in [4.69, 9.17) is 14.7 Å². The van der Waals surface area contributed by atoms with Crippen LogP contribution in [0.5, 0.6) is 11.5 Å². The summed E-state index contributed by atoms with van der Waals surface area (Å²) in [6.45, 7) is 5.40. The number of rotatable bonds is 5. The van der Waals surface area contributed by atoms with Crippen molar-refractivity contribution in [1.29, 1.82) is 5.26 Å². The molecule has 1 aromatic carbocycles. The number of carbonyl (C=O) groups excluding carboxylic acids is 1. The third-order valence-corrected chi connectivity index (χ3v) is 4.42. The summed E-state index contributed by atoms with van der Waals surface area (Å²) >= 11 is 1.22. The van der Waals surface area contributed by atoms with Crippen molar-refractivity contribution >= 4 is 29.3 Å². The van der Waals surface area contributed by atoms with Crippen molar-refractivity contribution in [2.45, 2.75) is 20.8 Å². The summed E-state index contributed by atoms with van der Waals surface area (Å²) in [5.41, 5.74) is -0.0175. The summed E-state index contributed by atoms with van der Waals surface area (Å²) in [5, 5.41) is 8.60. The number of nitriles is 1. The van der Waals surface area contributed by atoms with Crippen molar-refractivity contribution in [1.82, 2.24) is 4.98 Å². The van der Waals surface area contributed by atoms with Gasteiger partial charge in [0.1, 0.15) is 6.07 Å². The predicted octanol–water partition coefficient (Wildman–Crippen LogP) is 1.57. The van der Waals surface area contributed by atoms with Crippen LogP contribution in [0.4, 0.5) is 0 Å². The fourth-order valence-electron chi connectivity index (χ4n) is 2.01. The Balaban J connectivity index is 2.42. The number of aromatic amines is 1. The van der Waals surface area contributed by atoms with Crippen molar-refractivity contribution in [3.63, 3.8) is 0 Å². The van der Waals surface area contributed by atoms with Gasteiger partial charge in [0.15, 0.2) is 23.9 Å². The van der Waals surface area contributed by atoms with Gasteiger partial charge in [-0.15, -0.1) is 11.3 Å². The van der Waals surface area contributed by atoms with Gasteiger partial charge >= 0.3 is 0 Å². The number of Topliss-reactive ketones (excluding diaryl/α,β-unsaturated/α-hetero) is 1. The number of ether oxygens (including phenoxy) is 2. The highest BCUT2D eigenvalue weighted by Crippen LogP contribution is 2.28. The van der Waals surface area contributed by atoms with Crippen LogP contribution in [0.3, 0.4) is 0 Å². The average molecular weight is 372 g/mol. The smallest absolute Gasteiger partial charge is 0.266 e. The molecular weight excluding hydrogens is 352 g/mol. The number of thiazole rings is 1. The van der Waals surface area contributed by atoms with E-state index in [9.17, 15) is 9.59 Å². The molecule has 136 valence electrons. The first-order valence-electron chi connectivity index (χ1n) is 7.89. The number of benzene rings is 1. The monoisotopic (exact) mass is 372 g/mol. The minimum absolute atomic E-state index is 0.0535. The molecule has 0 unspecified atom stereocenters. The Hall–Kier alpha value is -2.85. The highest BCUT2D eigenvalue weighted by Gasteiger charge is 2.18. The minimum atomic E-state index is -0.503. The highest BCUT2D eigenvalue weighted by molar-refractivity contribution is 7.07. The molecule has 6 nitrogen and oxygen atoms in total. The molecule has 0 spiro atoms. The Labute approximate surface area is 155 Å². The van der Waals surface area contributed by atoms with Gasteiger partial charge in [-0.1, -0.05) is 26.8 Å². The van der Waals surface area contributed by atoms with Crippen LogP contribution < -0.4 is 24.2 Å². The van der Waals surface area contributed by atoms with Gasteiger partial charge in [0, 0.05) is 11.5 Å². The molecule has 26 heavy (non-hydrogen) atoms. The van der Waals surface area contributed by atoms with Gasteiger partial charge in [-0.2, -0.15) is 5.26 Å². The molecule has 0 bridgehead atoms. The number of aromatic nitrogens is 1. The van der Waals surface area contributed by atoms with Crippen LogP contribution in [0, 0.1) is 16.7 Å². The highest BCUT2D eigenvalue weighted by atomic mass is 32.1. The predicted molar refractivity (Wildman–Crippen MR) is 101 cm³/mol. The van der Waals surface area contributed by atoms with Crippen LogP contribution >= 0.6 is 11.3 Å². The summed E-state index contributed by atoms with van der Waals surface area (Å²) < 4.78 is 11.5. The summed E-state index contributed by atoms with van der Waals surface area (Å²) in [5.74, 6) is 0.870. The third-order valence-electron chi connectivity index (χ3n) is 3.46. The SMILES string of the molecule is COc1cc(/C=c2\s/c(=C/C(=O)C(C)(C)C)[nH]c2=O)ccc1OCC#N. The number of H-pyrrole nitrogens is 1. The van der Waals surface area contributed by atoms with Gasteiger partial charge in [0.05, 0.1) is 16.3 Å². The lowest BCUT2D eigenvalue weighted by atomic mass is 9.91. The molecule has 0 radical (unpaired) electrons. The third kappa shape index (κ3) is 4.83. The summed E-state index contributed by atoms with van der Waals surface area (Å²) in [6.07, 6.45) is 3.17. The van der Waals surface area contributed by atoms with Crippen molar-refractivity contribution in [3.05, 3.63) is 43.3 Å². The van der Waals surface area contributed by atoms with Crippen molar-refractivity contribution in [3.8, 4) is 17.6 Å². The van der Waals surface area contributed by atoms with E-state index < -0.39 is 5.41 Å². The zero-order valence-corrected chi connectivity index (χ0v) is 15.9. The maximum Gasteiger partial charge on any atom is 0.266 e. The molecule has 1 aromatic heterocycles. The average Bonchev–Trinajstić information content (AvgIpc) is 2.91. The van der Waals surface area contributed by atoms with Crippen LogP contribution in [0.2, 0.25) is 0 Å². The Bertz CT molecular complexity index is 1020. The number of ketones is 1. The maximum atomic E-state index is 12.1. The second-order valence-electron chi connectivity index (χ2n) is 6.54. The van der Waals surface area contributed by atoms with E-state index in [1.54, 1.807) is 24.3 Å². The molecule has 0 aliphatic heterocycles. The maximum absolute atomic E-state index is 12.1. The molecule has 0 amide bonds. The number of hydrogen-bond acceptors (Lipinski definition) is 6. The molecule has 7 heteroatoms. The van der Waals surface area contributed by atoms with Crippen LogP contribution in [0.25, 0.3) is 12.2 Å². The van der Waals surface area contributed by atoms with Crippen molar-refractivity contribution in [2.24, 2.45) is 5.41 Å². The summed E-state index contributed by atoms with van der Waals surface area (Å²) in [7, 11) is 1.50. The lowest BCUT2D eigenvalue weighted by Gasteiger charge is -2.12. The first-order chi connectivity index (χ1) is 12.2. The van der Waals surface area contributed by atoms with Crippen LogP contribution in [-0.2, 0) is 4.79 Å². The lowest BCUT2D eigenvalue weighted by molar-refractivity contribution is -0.119. The van der Waals surface area contributed by atoms with Crippen LogP contribution in [0.1, 0.15) is 26.3 Å². The van der Waals surface area contributed by atoms with Gasteiger partial charge < -0.3 is 14.5 Å². The van der Waals surface area contributed by atoms with Crippen molar-refractivity contribution < 1.29 is 14.3 Å². The molecule has 0 aliphatic rings. The quantitative estimate of drug-likeness (QED) is 0.860. The fraction of sp³-hybridized carbons (Fsp3) is 0.316. The van der Waals surface area contributed by atoms with Gasteiger partial charge in [-0.05, 0) is 23.8 Å². The molecule has 0 atom stereocenters. The first-order valence-corrected chi connectivity index (χ1v) is 8.71. The van der Waals surface area contributed by atoms with E-state index in [1.807, 2.05) is 26.8 Å². The van der Waals surface area contributed by atoms with E-state index in [-0.39, 0.29) is 17.9 Å². The molecular formula is C19H20N2O4S. The number of nitrogens with zero attached hydrogens (tertiary/aromatic N) is 1. The van der Waals surface area contributed by atoms with Crippen LogP contribution in [-0.4, -0.2) is 24.5 Å². The van der Waals surface area contributed by atoms with Gasteiger partial charge in [0.25, 0.3) is 5.56 Å². The zero-order valence-electron chi connectivity index (χ0n) is 15.1. The molecule has 2 rings (SSSR count). The van der Waals surface area contributed by atoms with E-state index in [0.717, 1.165) is 5.56 Å². The van der Waals surface area contributed by atoms with E-state index in [0.29, 0.717) is 20.7 Å². The first kappa shape index (κ1) is 19.5. The standard InChI is InChI=1S/C19H20N2O4S/c1-19(2,3)16(22)11-17-21-18(23)15(26-17)10-12-5-6-13(25-8-7-20)14(9-12)24-4/h5-6,9-11H,8H2,1-4H3,(H,21,23)/b15-10-,17-11+. The topological polar surface area (TPSA) is 92.2 Å². The Morgan fingerprint density at radius 1 is 1.35 bits per heavy atom. The Kier molecular flexibility index (Phi) is 6.01. The van der Waals surface area contributed by atoms with Crippen molar-refractivity contribution in [2.75, 3.05) is 13.7 Å². The minimum Gasteiger partial charge on any atom is -0.493 e. The Morgan fingerprint density at radius 2 is 2.08 bits per heavy atom. The summed E-state index contributed by atoms with van der Waals surface area (Å²) in [6, 6.07) is 7.06. The zero-order chi connectivity index (χ0) is 19.3. The lowest BCUT2D eigenvalue weighted by Crippen LogP contribution is -2.22. The molecule has 0 saturated heterocycles. The molecule has 0 saturated carbocycles. The van der Waals surface area contributed by atoms with E-state index >= 15 is 0 Å². The fourth-order valence-corrected chi connectivity index (χ4v) is 2.90. The molecule has 0 fully saturated rings. The second-order valence-corrected chi connectivity index (χ2v) is 7.63. The molecule has 0 aliphatic carbocycles. The number of carbonyl (C=O) groups is 1. The van der Waals surface area contributed by atoms with E-state index in [2.05, 4.69) is 4.98 Å². The number of nitrogens with one attached hydrogen (secondary N) is 1. The van der Waals surface area contributed by atoms with E-state index in [1.165, 1.54) is 24.5 Å². The summed E-state index contributed by atoms with van der Waals surface area (Å²) in [4.78, 5) is 26.9. The van der Waals surface area contributed by atoms with Gasteiger partial charge in [-0.25, -0.2) is 0 Å². The molecule has 1 heterocycles. The molecule has 2 aromatic rings. The van der Waals surface area contributed by atoms with Gasteiger partial charge in [0.2, 0.25) is 0 Å². The second kappa shape index (κ2) is 8.02. The normalized spacial score (nSPS) is 12.7. The molecule has 1 N–H and O–H groups in total. The van der Waals surface area contributed by atoms with Gasteiger partial charge in [-0.3, -0.25) is 9.59 Å². The van der Waals surface area contributed by atoms with Crippen LogP contribution in [0.15, 0.2) is 23.0 Å². The Morgan fingerprint density at radius 3 is 2.69 bits per heavy atom. The largest absolute Gasteiger partial charge is 0.493 e.